The minimum atomic E-state index is -4.27. The smallest absolute Gasteiger partial charge is 0.457 e. The number of phosphoric acid groups is 1. The molecule has 8 nitrogen and oxygen atoms in total. The van der Waals surface area contributed by atoms with E-state index < -0.39 is 13.9 Å². The number of ether oxygens (including phenoxy) is 2. The molecule has 0 radical (unpaired) electrons. The summed E-state index contributed by atoms with van der Waals surface area (Å²) in [6.07, 6.45) is 43.4. The molecular formula is C42H82NO7P. The summed E-state index contributed by atoms with van der Waals surface area (Å²) in [4.78, 5) is 22.4. The monoisotopic (exact) mass is 744 g/mol. The average molecular weight is 744 g/mol. The van der Waals surface area contributed by atoms with Crippen LogP contribution in [-0.2, 0) is 27.9 Å². The zero-order chi connectivity index (χ0) is 37.4. The summed E-state index contributed by atoms with van der Waals surface area (Å²) >= 11 is 0. The minimum Gasteiger partial charge on any atom is -0.457 e. The molecule has 0 aliphatic carbocycles. The standard InChI is InChI=1S/C42H82NO7P/c1-3-5-7-9-11-13-15-16-17-18-19-20-21-22-23-24-25-27-29-31-33-35-42(44)50-41(40-49-51(45,46)48-38-36-43)39-47-37-34-32-30-28-26-14-12-10-8-6-4-2/h8,10,18-19,41H,3-7,9,11-17,20-40,43H2,1-2H3,(H,45,46)/b10-8-,19-18-. The molecule has 0 aliphatic heterocycles. The highest BCUT2D eigenvalue weighted by molar-refractivity contribution is 7.47. The van der Waals surface area contributed by atoms with E-state index in [0.717, 1.165) is 32.1 Å². The second-order valence-electron chi connectivity index (χ2n) is 14.2. The molecule has 0 saturated carbocycles. The Labute approximate surface area is 315 Å². The molecule has 0 saturated heterocycles. The lowest BCUT2D eigenvalue weighted by Crippen LogP contribution is -2.28. The first-order chi connectivity index (χ1) is 24.9. The van der Waals surface area contributed by atoms with E-state index in [2.05, 4.69) is 38.2 Å². The second kappa shape index (κ2) is 40.2. The molecule has 302 valence electrons. The maximum absolute atomic E-state index is 12.6. The third kappa shape index (κ3) is 40.0. The van der Waals surface area contributed by atoms with E-state index >= 15 is 0 Å². The van der Waals surface area contributed by atoms with Crippen LogP contribution >= 0.6 is 7.82 Å². The Bertz CT molecular complexity index is 838. The highest BCUT2D eigenvalue weighted by Gasteiger charge is 2.25. The number of hydrogen-bond donors (Lipinski definition) is 2. The van der Waals surface area contributed by atoms with E-state index in [1.807, 2.05) is 0 Å². The normalized spacial score (nSPS) is 13.7. The van der Waals surface area contributed by atoms with Crippen molar-refractivity contribution in [3.8, 4) is 0 Å². The van der Waals surface area contributed by atoms with Crippen molar-refractivity contribution in [2.24, 2.45) is 5.73 Å². The molecule has 0 rings (SSSR count). The molecule has 51 heavy (non-hydrogen) atoms. The Morgan fingerprint density at radius 1 is 0.569 bits per heavy atom. The summed E-state index contributed by atoms with van der Waals surface area (Å²) in [7, 11) is -4.27. The van der Waals surface area contributed by atoms with Crippen molar-refractivity contribution in [3.05, 3.63) is 24.3 Å². The van der Waals surface area contributed by atoms with Crippen molar-refractivity contribution in [2.75, 3.05) is 33.0 Å². The van der Waals surface area contributed by atoms with E-state index in [1.165, 1.54) is 148 Å². The van der Waals surface area contributed by atoms with Crippen molar-refractivity contribution < 1.29 is 32.8 Å². The molecule has 0 aromatic carbocycles. The fourth-order valence-electron chi connectivity index (χ4n) is 5.93. The lowest BCUT2D eigenvalue weighted by atomic mass is 10.1. The van der Waals surface area contributed by atoms with E-state index in [0.29, 0.717) is 13.0 Å². The van der Waals surface area contributed by atoms with Crippen LogP contribution < -0.4 is 5.73 Å². The van der Waals surface area contributed by atoms with Gasteiger partial charge in [0.25, 0.3) is 0 Å². The largest absolute Gasteiger partial charge is 0.472 e. The zero-order valence-corrected chi connectivity index (χ0v) is 34.2. The van der Waals surface area contributed by atoms with Gasteiger partial charge in [0.15, 0.2) is 0 Å². The van der Waals surface area contributed by atoms with Gasteiger partial charge in [-0.3, -0.25) is 13.8 Å². The Morgan fingerprint density at radius 3 is 1.51 bits per heavy atom. The third-order valence-corrected chi connectivity index (χ3v) is 10.1. The molecule has 0 bridgehead atoms. The Balaban J connectivity index is 3.96. The van der Waals surface area contributed by atoms with Crippen molar-refractivity contribution in [2.45, 2.75) is 206 Å². The van der Waals surface area contributed by atoms with Gasteiger partial charge in [0, 0.05) is 19.6 Å². The SMILES string of the molecule is CCC/C=C\CCCCCCCCOCC(COP(=O)(O)OCCN)OC(=O)CCCCCCCCCCC/C=C\CCCCCCCCCC. The molecule has 3 N–H and O–H groups in total. The fraction of sp³-hybridized carbons (Fsp3) is 0.881. The van der Waals surface area contributed by atoms with Crippen LogP contribution in [0.2, 0.25) is 0 Å². The first-order valence-electron chi connectivity index (χ1n) is 21.3. The molecular weight excluding hydrogens is 661 g/mol. The van der Waals surface area contributed by atoms with Gasteiger partial charge < -0.3 is 20.1 Å². The molecule has 0 aliphatic rings. The molecule has 9 heteroatoms. The average Bonchev–Trinajstić information content (AvgIpc) is 3.12. The van der Waals surface area contributed by atoms with Crippen LogP contribution in [0.5, 0.6) is 0 Å². The number of carbonyl (C=O) groups is 1. The lowest BCUT2D eigenvalue weighted by molar-refractivity contribution is -0.154. The van der Waals surface area contributed by atoms with Crippen LogP contribution in [0.15, 0.2) is 24.3 Å². The number of phosphoric ester groups is 1. The van der Waals surface area contributed by atoms with E-state index in [-0.39, 0.29) is 32.3 Å². The molecule has 0 heterocycles. The van der Waals surface area contributed by atoms with Gasteiger partial charge in [0.2, 0.25) is 0 Å². The van der Waals surface area contributed by atoms with Gasteiger partial charge in [0.05, 0.1) is 19.8 Å². The Morgan fingerprint density at radius 2 is 1.02 bits per heavy atom. The van der Waals surface area contributed by atoms with Crippen LogP contribution in [0.3, 0.4) is 0 Å². The summed E-state index contributed by atoms with van der Waals surface area (Å²) in [5.41, 5.74) is 5.36. The zero-order valence-electron chi connectivity index (χ0n) is 33.3. The Kier molecular flexibility index (Phi) is 39.4. The van der Waals surface area contributed by atoms with Gasteiger partial charge in [-0.1, -0.05) is 160 Å². The predicted octanol–water partition coefficient (Wildman–Crippen LogP) is 12.5. The number of allylic oxidation sites excluding steroid dienone is 4. The predicted molar refractivity (Wildman–Crippen MR) is 215 cm³/mol. The quantitative estimate of drug-likeness (QED) is 0.0275. The number of hydrogen-bond acceptors (Lipinski definition) is 7. The van der Waals surface area contributed by atoms with Gasteiger partial charge in [-0.2, -0.15) is 0 Å². The lowest BCUT2D eigenvalue weighted by Gasteiger charge is -2.20. The third-order valence-electron chi connectivity index (χ3n) is 9.07. The van der Waals surface area contributed by atoms with Crippen molar-refractivity contribution >= 4 is 13.8 Å². The van der Waals surface area contributed by atoms with Crippen LogP contribution in [0.25, 0.3) is 0 Å². The summed E-state index contributed by atoms with van der Waals surface area (Å²) in [5.74, 6) is -0.334. The molecule has 0 fully saturated rings. The number of rotatable bonds is 41. The van der Waals surface area contributed by atoms with E-state index in [1.54, 1.807) is 0 Å². The van der Waals surface area contributed by atoms with Crippen LogP contribution in [0.4, 0.5) is 0 Å². The second-order valence-corrected chi connectivity index (χ2v) is 15.7. The first-order valence-corrected chi connectivity index (χ1v) is 22.8. The molecule has 0 aromatic rings. The van der Waals surface area contributed by atoms with Gasteiger partial charge in [0.1, 0.15) is 6.10 Å². The number of esters is 1. The van der Waals surface area contributed by atoms with Gasteiger partial charge >= 0.3 is 13.8 Å². The topological polar surface area (TPSA) is 117 Å². The number of nitrogens with two attached hydrogens (primary N) is 1. The molecule has 2 atom stereocenters. The van der Waals surface area contributed by atoms with Crippen molar-refractivity contribution in [1.82, 2.24) is 0 Å². The first kappa shape index (κ1) is 50.0. The molecule has 2 unspecified atom stereocenters. The van der Waals surface area contributed by atoms with E-state index in [9.17, 15) is 14.3 Å². The molecule has 0 aromatic heterocycles. The maximum Gasteiger partial charge on any atom is 0.472 e. The molecule has 0 amide bonds. The van der Waals surface area contributed by atoms with Crippen molar-refractivity contribution in [1.29, 1.82) is 0 Å². The van der Waals surface area contributed by atoms with Crippen LogP contribution in [0.1, 0.15) is 200 Å². The highest BCUT2D eigenvalue weighted by atomic mass is 31.2. The van der Waals surface area contributed by atoms with Crippen LogP contribution in [-0.4, -0.2) is 49.9 Å². The number of carbonyl (C=O) groups excluding carboxylic acids is 1. The van der Waals surface area contributed by atoms with Crippen LogP contribution in [0, 0.1) is 0 Å². The molecule has 0 spiro atoms. The van der Waals surface area contributed by atoms with Crippen molar-refractivity contribution in [3.63, 3.8) is 0 Å². The minimum absolute atomic E-state index is 0.0959. The Hall–Kier alpha value is -1.02. The highest BCUT2D eigenvalue weighted by Crippen LogP contribution is 2.43. The maximum atomic E-state index is 12.6. The van der Waals surface area contributed by atoms with Gasteiger partial charge in [-0.05, 0) is 57.8 Å². The van der Waals surface area contributed by atoms with E-state index in [4.69, 9.17) is 24.3 Å². The van der Waals surface area contributed by atoms with Gasteiger partial charge in [-0.25, -0.2) is 4.57 Å². The number of unbranched alkanes of at least 4 members (excludes halogenated alkanes) is 24. The summed E-state index contributed by atoms with van der Waals surface area (Å²) in [5, 5.41) is 0. The summed E-state index contributed by atoms with van der Waals surface area (Å²) in [6.45, 7) is 4.87. The van der Waals surface area contributed by atoms with Gasteiger partial charge in [-0.15, -0.1) is 0 Å². The summed E-state index contributed by atoms with van der Waals surface area (Å²) < 4.78 is 33.3. The fourth-order valence-corrected chi connectivity index (χ4v) is 6.70. The summed E-state index contributed by atoms with van der Waals surface area (Å²) in [6, 6.07) is 0.